The van der Waals surface area contributed by atoms with Crippen molar-refractivity contribution in [2.45, 2.75) is 6.04 Å². The highest BCUT2D eigenvalue weighted by molar-refractivity contribution is 5.96. The molecule has 3 aromatic rings. The second-order valence-corrected chi connectivity index (χ2v) is 7.47. The average Bonchev–Trinajstić information content (AvgIpc) is 3.44. The molecule has 0 saturated carbocycles. The van der Waals surface area contributed by atoms with Crippen LogP contribution in [0.1, 0.15) is 22.2 Å². The van der Waals surface area contributed by atoms with Crippen LogP contribution in [0, 0.1) is 5.82 Å². The van der Waals surface area contributed by atoms with Crippen LogP contribution >= 0.6 is 0 Å². The van der Waals surface area contributed by atoms with E-state index >= 15 is 0 Å². The summed E-state index contributed by atoms with van der Waals surface area (Å²) in [5, 5.41) is 7.13. The fourth-order valence-electron chi connectivity index (χ4n) is 3.89. The zero-order chi connectivity index (χ0) is 21.8. The maximum Gasteiger partial charge on any atom is 0.258 e. The zero-order valence-electron chi connectivity index (χ0n) is 17.6. The largest absolute Gasteiger partial charge is 0.479 e. The molecule has 1 N–H and O–H groups in total. The molecule has 1 aromatic carbocycles. The first-order valence-electron chi connectivity index (χ1n) is 10.2. The summed E-state index contributed by atoms with van der Waals surface area (Å²) in [6, 6.07) is 10.2. The van der Waals surface area contributed by atoms with E-state index in [-0.39, 0.29) is 17.8 Å². The second kappa shape index (κ2) is 9.22. The number of hydrogen-bond donors (Lipinski definition) is 1. The van der Waals surface area contributed by atoms with E-state index in [1.165, 1.54) is 19.2 Å². The molecule has 8 nitrogen and oxygen atoms in total. The number of piperazine rings is 1. The molecule has 1 amide bonds. The van der Waals surface area contributed by atoms with Gasteiger partial charge in [0, 0.05) is 51.7 Å². The Balaban J connectivity index is 1.42. The topological polar surface area (TPSA) is 75.8 Å². The lowest BCUT2D eigenvalue weighted by molar-refractivity contribution is 0.0920. The third-order valence-electron chi connectivity index (χ3n) is 5.51. The number of ether oxygens (including phenoxy) is 1. The first kappa shape index (κ1) is 20.9. The van der Waals surface area contributed by atoms with Crippen LogP contribution in [0.25, 0.3) is 0 Å². The molecule has 0 radical (unpaired) electrons. The molecule has 9 heteroatoms. The van der Waals surface area contributed by atoms with Gasteiger partial charge in [-0.05, 0) is 36.4 Å². The fourth-order valence-corrected chi connectivity index (χ4v) is 3.89. The Kier molecular flexibility index (Phi) is 6.22. The minimum absolute atomic E-state index is 0.100. The molecule has 1 aliphatic rings. The van der Waals surface area contributed by atoms with Crippen LogP contribution in [0.15, 0.2) is 53.3 Å². The van der Waals surface area contributed by atoms with Crippen LogP contribution < -0.4 is 15.0 Å². The number of halogens is 1. The summed E-state index contributed by atoms with van der Waals surface area (Å²) >= 11 is 0. The van der Waals surface area contributed by atoms with Crippen molar-refractivity contribution in [2.24, 2.45) is 7.05 Å². The summed E-state index contributed by atoms with van der Waals surface area (Å²) in [5.41, 5.74) is 1.40. The molecule has 1 atom stereocenters. The fraction of sp³-hybridized carbons (Fsp3) is 0.364. The molecular weight excluding hydrogens is 401 g/mol. The van der Waals surface area contributed by atoms with Crippen LogP contribution in [0.3, 0.4) is 0 Å². The molecule has 0 aliphatic carbocycles. The Labute approximate surface area is 180 Å². The monoisotopic (exact) mass is 427 g/mol. The molecule has 0 unspecified atom stereocenters. The predicted molar refractivity (Wildman–Crippen MR) is 114 cm³/mol. The summed E-state index contributed by atoms with van der Waals surface area (Å²) in [6.07, 6.45) is 3.28. The van der Waals surface area contributed by atoms with E-state index in [1.54, 1.807) is 36.3 Å². The van der Waals surface area contributed by atoms with Crippen molar-refractivity contribution in [3.8, 4) is 5.88 Å². The number of nitrogens with one attached hydrogen (secondary N) is 1. The summed E-state index contributed by atoms with van der Waals surface area (Å²) in [6.45, 7) is 3.56. The number of aromatic nitrogens is 2. The molecular formula is C22H26FN5O3. The number of nitrogens with zero attached hydrogens (tertiary/aromatic N) is 4. The third kappa shape index (κ3) is 4.72. The first-order valence-corrected chi connectivity index (χ1v) is 10.2. The van der Waals surface area contributed by atoms with Gasteiger partial charge in [0.05, 0.1) is 19.4 Å². The van der Waals surface area contributed by atoms with Gasteiger partial charge in [0.25, 0.3) is 5.91 Å². The standard InChI is InChI=1S/C22H26FN5O3/c1-26-15-18(22(25-26)30-2)21(29)24-14-19(20-4-3-13-31-20)28-11-9-27(10-12-28)17-7-5-16(23)6-8-17/h3-8,13,15,19H,9-12,14H2,1-2H3,(H,24,29)/t19-/m1/s1. The minimum atomic E-state index is -0.244. The predicted octanol–water partition coefficient (Wildman–Crippen LogP) is 2.45. The van der Waals surface area contributed by atoms with Gasteiger partial charge < -0.3 is 19.4 Å². The van der Waals surface area contributed by atoms with Gasteiger partial charge in [-0.15, -0.1) is 5.10 Å². The van der Waals surface area contributed by atoms with Crippen LogP contribution in [-0.2, 0) is 7.05 Å². The van der Waals surface area contributed by atoms with Crippen LogP contribution in [0.4, 0.5) is 10.1 Å². The van der Waals surface area contributed by atoms with E-state index in [9.17, 15) is 9.18 Å². The Morgan fingerprint density at radius 1 is 1.23 bits per heavy atom. The highest BCUT2D eigenvalue weighted by Gasteiger charge is 2.28. The number of furan rings is 1. The van der Waals surface area contributed by atoms with Crippen molar-refractivity contribution in [3.63, 3.8) is 0 Å². The Hall–Kier alpha value is -3.33. The number of hydrogen-bond acceptors (Lipinski definition) is 6. The Bertz CT molecular complexity index is 995. The van der Waals surface area contributed by atoms with Gasteiger partial charge in [-0.2, -0.15) is 0 Å². The summed E-state index contributed by atoms with van der Waals surface area (Å²) in [7, 11) is 3.23. The molecule has 1 aliphatic heterocycles. The van der Waals surface area contributed by atoms with E-state index in [0.29, 0.717) is 18.0 Å². The first-order chi connectivity index (χ1) is 15.0. The lowest BCUT2D eigenvalue weighted by Gasteiger charge is -2.39. The van der Waals surface area contributed by atoms with Crippen molar-refractivity contribution in [2.75, 3.05) is 44.7 Å². The number of anilines is 1. The number of benzene rings is 1. The molecule has 4 rings (SSSR count). The summed E-state index contributed by atoms with van der Waals surface area (Å²) in [4.78, 5) is 17.2. The number of methoxy groups -OCH3 is 1. The molecule has 164 valence electrons. The molecule has 1 saturated heterocycles. The Morgan fingerprint density at radius 3 is 2.61 bits per heavy atom. The van der Waals surface area contributed by atoms with Gasteiger partial charge in [-0.3, -0.25) is 14.4 Å². The van der Waals surface area contributed by atoms with Crippen molar-refractivity contribution >= 4 is 11.6 Å². The zero-order valence-corrected chi connectivity index (χ0v) is 17.6. The average molecular weight is 427 g/mol. The van der Waals surface area contributed by atoms with Crippen molar-refractivity contribution in [1.82, 2.24) is 20.0 Å². The van der Waals surface area contributed by atoms with Gasteiger partial charge in [0.2, 0.25) is 5.88 Å². The number of amides is 1. The van der Waals surface area contributed by atoms with Crippen LogP contribution in [0.5, 0.6) is 5.88 Å². The number of carbonyl (C=O) groups is 1. The quantitative estimate of drug-likeness (QED) is 0.624. The molecule has 0 bridgehead atoms. The van der Waals surface area contributed by atoms with Crippen molar-refractivity contribution in [1.29, 1.82) is 0 Å². The molecule has 2 aromatic heterocycles. The smallest absolute Gasteiger partial charge is 0.258 e. The molecule has 3 heterocycles. The number of aryl methyl sites for hydroxylation is 1. The third-order valence-corrected chi connectivity index (χ3v) is 5.51. The molecule has 0 spiro atoms. The second-order valence-electron chi connectivity index (χ2n) is 7.47. The maximum atomic E-state index is 13.2. The van der Waals surface area contributed by atoms with Gasteiger partial charge >= 0.3 is 0 Å². The van der Waals surface area contributed by atoms with Gasteiger partial charge in [0.1, 0.15) is 17.1 Å². The van der Waals surface area contributed by atoms with Gasteiger partial charge in [-0.1, -0.05) is 0 Å². The number of rotatable bonds is 7. The Morgan fingerprint density at radius 2 is 1.97 bits per heavy atom. The van der Waals surface area contributed by atoms with Crippen LogP contribution in [-0.4, -0.2) is 60.4 Å². The van der Waals surface area contributed by atoms with E-state index in [1.807, 2.05) is 12.1 Å². The number of carbonyl (C=O) groups excluding carboxylic acids is 1. The van der Waals surface area contributed by atoms with E-state index in [2.05, 4.69) is 20.2 Å². The lowest BCUT2D eigenvalue weighted by atomic mass is 10.1. The molecule has 1 fully saturated rings. The van der Waals surface area contributed by atoms with Gasteiger partial charge in [-0.25, -0.2) is 4.39 Å². The van der Waals surface area contributed by atoms with Gasteiger partial charge in [0.15, 0.2) is 0 Å². The highest BCUT2D eigenvalue weighted by atomic mass is 19.1. The maximum absolute atomic E-state index is 13.2. The van der Waals surface area contributed by atoms with E-state index in [4.69, 9.17) is 9.15 Å². The summed E-state index contributed by atoms with van der Waals surface area (Å²) < 4.78 is 25.6. The van der Waals surface area contributed by atoms with E-state index < -0.39 is 0 Å². The lowest BCUT2D eigenvalue weighted by Crippen LogP contribution is -2.49. The normalized spacial score (nSPS) is 15.6. The van der Waals surface area contributed by atoms with E-state index in [0.717, 1.165) is 37.6 Å². The summed E-state index contributed by atoms with van der Waals surface area (Å²) in [5.74, 6) is 0.615. The molecule has 31 heavy (non-hydrogen) atoms. The van der Waals surface area contributed by atoms with Crippen LogP contribution in [0.2, 0.25) is 0 Å². The van der Waals surface area contributed by atoms with Crippen molar-refractivity contribution < 1.29 is 18.3 Å². The van der Waals surface area contributed by atoms with Crippen molar-refractivity contribution in [3.05, 3.63) is 66.0 Å². The highest BCUT2D eigenvalue weighted by Crippen LogP contribution is 2.25. The minimum Gasteiger partial charge on any atom is -0.479 e. The SMILES string of the molecule is COc1nn(C)cc1C(=O)NC[C@H](c1ccco1)N1CCN(c2ccc(F)cc2)CC1.